The Bertz CT molecular complexity index is 282. The van der Waals surface area contributed by atoms with Gasteiger partial charge >= 0.3 is 5.97 Å². The van der Waals surface area contributed by atoms with Crippen molar-refractivity contribution in [2.45, 2.75) is 43.8 Å². The number of rotatable bonds is 1. The van der Waals surface area contributed by atoms with Gasteiger partial charge in [0.2, 0.25) is 0 Å². The molecule has 2 fully saturated rings. The number of hydrogen-bond donors (Lipinski definition) is 0. The van der Waals surface area contributed by atoms with Crippen LogP contribution in [0.15, 0.2) is 0 Å². The molecule has 4 heteroatoms. The van der Waals surface area contributed by atoms with Gasteiger partial charge in [0.25, 0.3) is 5.06 Å². The largest absolute Gasteiger partial charge is 0.466 e. The van der Waals surface area contributed by atoms with Crippen molar-refractivity contribution in [3.8, 4) is 0 Å². The number of halogens is 1. The number of esters is 1. The smallest absolute Gasteiger partial charge is 0.357 e. The Morgan fingerprint density at radius 3 is 2.40 bits per heavy atom. The molecule has 0 radical (unpaired) electrons. The van der Waals surface area contributed by atoms with Gasteiger partial charge in [0.05, 0.1) is 7.11 Å². The van der Waals surface area contributed by atoms with Crippen LogP contribution in [0.2, 0.25) is 0 Å². The Morgan fingerprint density at radius 1 is 1.40 bits per heavy atom. The third kappa shape index (κ3) is 1.56. The van der Waals surface area contributed by atoms with Gasteiger partial charge < -0.3 is 9.47 Å². The molecule has 2 aliphatic rings. The number of methoxy groups -OCH3 is 1. The van der Waals surface area contributed by atoms with Gasteiger partial charge in [0.15, 0.2) is 0 Å². The normalized spacial score (nSPS) is 49.1. The highest BCUT2D eigenvalue weighted by molar-refractivity contribution is 6.36. The van der Waals surface area contributed by atoms with E-state index in [1.165, 1.54) is 13.5 Å². The first-order valence-electron chi connectivity index (χ1n) is 5.41. The second-order valence-electron chi connectivity index (χ2n) is 5.04. The van der Waals surface area contributed by atoms with Gasteiger partial charge in [0, 0.05) is 0 Å². The first-order chi connectivity index (χ1) is 6.93. The summed E-state index contributed by atoms with van der Waals surface area (Å²) in [6.45, 7) is 4.35. The number of carbonyl (C=O) groups excluding carboxylic acids is 1. The van der Waals surface area contributed by atoms with E-state index in [9.17, 15) is 4.79 Å². The van der Waals surface area contributed by atoms with Crippen LogP contribution in [-0.2, 0) is 14.3 Å². The molecule has 1 aliphatic heterocycles. The highest BCUT2D eigenvalue weighted by atomic mass is 35.5. The van der Waals surface area contributed by atoms with Crippen LogP contribution in [0.1, 0.15) is 33.1 Å². The maximum atomic E-state index is 11.5. The van der Waals surface area contributed by atoms with Crippen LogP contribution >= 0.6 is 11.6 Å². The summed E-state index contributed by atoms with van der Waals surface area (Å²) < 4.78 is 10.2. The lowest BCUT2D eigenvalue weighted by molar-refractivity contribution is -0.143. The molecule has 0 aromatic heterocycles. The zero-order valence-electron chi connectivity index (χ0n) is 9.38. The molecule has 3 unspecified atom stereocenters. The van der Waals surface area contributed by atoms with Crippen molar-refractivity contribution in [1.29, 1.82) is 0 Å². The molecule has 86 valence electrons. The van der Waals surface area contributed by atoms with Gasteiger partial charge in [-0.25, -0.2) is 4.79 Å². The number of ether oxygens (including phenoxy) is 2. The molecule has 0 N–H and O–H groups in total. The summed E-state index contributed by atoms with van der Waals surface area (Å²) in [5.74, 6) is 0.656. The van der Waals surface area contributed by atoms with E-state index >= 15 is 0 Å². The van der Waals surface area contributed by atoms with E-state index in [2.05, 4.69) is 18.6 Å². The van der Waals surface area contributed by atoms with E-state index in [1.807, 2.05) is 0 Å². The summed E-state index contributed by atoms with van der Waals surface area (Å²) >= 11 is 6.16. The van der Waals surface area contributed by atoms with Crippen molar-refractivity contribution in [2.24, 2.45) is 11.8 Å². The van der Waals surface area contributed by atoms with E-state index in [1.54, 1.807) is 0 Å². The number of alkyl halides is 1. The van der Waals surface area contributed by atoms with Crippen LogP contribution in [0.5, 0.6) is 0 Å². The van der Waals surface area contributed by atoms with Crippen molar-refractivity contribution in [1.82, 2.24) is 0 Å². The van der Waals surface area contributed by atoms with Crippen LogP contribution in [0.4, 0.5) is 0 Å². The molecule has 1 saturated heterocycles. The van der Waals surface area contributed by atoms with E-state index in [-0.39, 0.29) is 0 Å². The minimum Gasteiger partial charge on any atom is -0.466 e. The molecular weight excluding hydrogens is 216 g/mol. The zero-order valence-corrected chi connectivity index (χ0v) is 10.1. The average Bonchev–Trinajstić information content (AvgIpc) is 2.68. The monoisotopic (exact) mass is 232 g/mol. The lowest BCUT2D eigenvalue weighted by Crippen LogP contribution is -2.36. The Hall–Kier alpha value is -0.280. The summed E-state index contributed by atoms with van der Waals surface area (Å²) in [7, 11) is 1.34. The van der Waals surface area contributed by atoms with Crippen LogP contribution in [-0.4, -0.2) is 23.7 Å². The van der Waals surface area contributed by atoms with E-state index < -0.39 is 16.6 Å². The zero-order chi connectivity index (χ0) is 11.3. The van der Waals surface area contributed by atoms with Crippen LogP contribution in [0, 0.1) is 11.8 Å². The van der Waals surface area contributed by atoms with Crippen molar-refractivity contribution >= 4 is 17.6 Å². The fourth-order valence-corrected chi connectivity index (χ4v) is 3.39. The maximum absolute atomic E-state index is 11.5. The van der Waals surface area contributed by atoms with Crippen molar-refractivity contribution < 1.29 is 14.3 Å². The molecule has 1 aliphatic carbocycles. The second kappa shape index (κ2) is 3.36. The predicted molar refractivity (Wildman–Crippen MR) is 56.6 cm³/mol. The maximum Gasteiger partial charge on any atom is 0.357 e. The molecule has 1 spiro atoms. The SMILES string of the molecule is COC(=O)C1(Cl)OC12CC(C)CC(C)C2. The van der Waals surface area contributed by atoms with E-state index in [4.69, 9.17) is 16.3 Å². The van der Waals surface area contributed by atoms with Crippen LogP contribution in [0.3, 0.4) is 0 Å². The van der Waals surface area contributed by atoms with E-state index in [0.29, 0.717) is 11.8 Å². The Balaban J connectivity index is 2.14. The number of hydrogen-bond acceptors (Lipinski definition) is 3. The quantitative estimate of drug-likeness (QED) is 0.396. The topological polar surface area (TPSA) is 38.8 Å². The third-order valence-corrected chi connectivity index (χ3v) is 4.07. The lowest BCUT2D eigenvalue weighted by Gasteiger charge is -2.30. The Labute approximate surface area is 95.1 Å². The highest BCUT2D eigenvalue weighted by Crippen LogP contribution is 2.61. The molecule has 0 amide bonds. The summed E-state index contributed by atoms with van der Waals surface area (Å²) in [5, 5.41) is -1.20. The minimum atomic E-state index is -1.20. The molecule has 2 rings (SSSR count). The summed E-state index contributed by atoms with van der Waals surface area (Å²) in [4.78, 5) is 11.5. The van der Waals surface area contributed by atoms with Crippen LogP contribution < -0.4 is 0 Å². The van der Waals surface area contributed by atoms with Crippen LogP contribution in [0.25, 0.3) is 0 Å². The molecule has 3 atom stereocenters. The molecule has 0 aromatic rings. The predicted octanol–water partition coefficient (Wildman–Crippen LogP) is 2.32. The average molecular weight is 233 g/mol. The number of epoxide rings is 1. The molecule has 15 heavy (non-hydrogen) atoms. The van der Waals surface area contributed by atoms with Gasteiger partial charge in [-0.2, -0.15) is 0 Å². The van der Waals surface area contributed by atoms with Crippen molar-refractivity contribution in [2.75, 3.05) is 7.11 Å². The van der Waals surface area contributed by atoms with Crippen molar-refractivity contribution in [3.63, 3.8) is 0 Å². The standard InChI is InChI=1S/C11H17ClO3/c1-7-4-8(2)6-10(5-7)11(12,15-10)9(13)14-3/h7-8H,4-6H2,1-3H3. The fraction of sp³-hybridized carbons (Fsp3) is 0.909. The van der Waals surface area contributed by atoms with Crippen molar-refractivity contribution in [3.05, 3.63) is 0 Å². The van der Waals surface area contributed by atoms with Gasteiger partial charge in [-0.1, -0.05) is 25.4 Å². The molecule has 0 bridgehead atoms. The first-order valence-corrected chi connectivity index (χ1v) is 5.79. The Kier molecular flexibility index (Phi) is 2.51. The number of carbonyl (C=O) groups is 1. The van der Waals surface area contributed by atoms with Gasteiger partial charge in [-0.05, 0) is 31.1 Å². The first kappa shape index (κ1) is 11.2. The van der Waals surface area contributed by atoms with Gasteiger partial charge in [0.1, 0.15) is 5.60 Å². The Morgan fingerprint density at radius 2 is 1.93 bits per heavy atom. The third-order valence-electron chi connectivity index (χ3n) is 3.49. The van der Waals surface area contributed by atoms with Gasteiger partial charge in [-0.15, -0.1) is 0 Å². The second-order valence-corrected chi connectivity index (χ2v) is 5.57. The summed E-state index contributed by atoms with van der Waals surface area (Å²) in [6.07, 6.45) is 2.89. The van der Waals surface area contributed by atoms with E-state index in [0.717, 1.165) is 12.8 Å². The summed E-state index contributed by atoms with van der Waals surface area (Å²) in [6, 6.07) is 0. The summed E-state index contributed by atoms with van der Waals surface area (Å²) in [5.41, 5.74) is -0.460. The molecule has 3 nitrogen and oxygen atoms in total. The minimum absolute atomic E-state index is 0.453. The molecule has 0 aromatic carbocycles. The highest BCUT2D eigenvalue weighted by Gasteiger charge is 2.76. The van der Waals surface area contributed by atoms with Gasteiger partial charge in [-0.3, -0.25) is 0 Å². The molecule has 1 heterocycles. The molecule has 1 saturated carbocycles. The fourth-order valence-electron chi connectivity index (χ4n) is 3.01. The molecular formula is C11H17ClO3. The lowest BCUT2D eigenvalue weighted by atomic mass is 9.75.